The van der Waals surface area contributed by atoms with Gasteiger partial charge in [0.25, 0.3) is 0 Å². The van der Waals surface area contributed by atoms with Gasteiger partial charge >= 0.3 is 0 Å². The lowest BCUT2D eigenvalue weighted by molar-refractivity contribution is -0.0388. The summed E-state index contributed by atoms with van der Waals surface area (Å²) >= 11 is 0. The molecule has 0 bridgehead atoms. The summed E-state index contributed by atoms with van der Waals surface area (Å²) in [4.78, 5) is 0. The monoisotopic (exact) mass is 250 g/mol. The zero-order chi connectivity index (χ0) is 13.4. The molecule has 0 fully saturated rings. The van der Waals surface area contributed by atoms with Gasteiger partial charge < -0.3 is 9.84 Å². The fraction of sp³-hybridized carbons (Fsp3) is 0.625. The molecule has 102 valence electrons. The molecular formula is C16H26O2. The van der Waals surface area contributed by atoms with Crippen molar-refractivity contribution in [2.75, 3.05) is 6.61 Å². The molecule has 0 heterocycles. The lowest BCUT2D eigenvalue weighted by atomic mass is 9.98. The van der Waals surface area contributed by atoms with Crippen LogP contribution in [0.1, 0.15) is 51.7 Å². The van der Waals surface area contributed by atoms with Crippen LogP contribution in [0.4, 0.5) is 0 Å². The maximum absolute atomic E-state index is 10.3. The van der Waals surface area contributed by atoms with Gasteiger partial charge in [-0.2, -0.15) is 0 Å². The molecule has 2 nitrogen and oxygen atoms in total. The molecule has 1 aromatic rings. The lowest BCUT2D eigenvalue weighted by Gasteiger charge is -2.23. The molecule has 0 radical (unpaired) electrons. The highest BCUT2D eigenvalue weighted by Gasteiger charge is 2.20. The summed E-state index contributed by atoms with van der Waals surface area (Å²) in [6.07, 6.45) is 2.41. The van der Waals surface area contributed by atoms with E-state index in [9.17, 15) is 5.11 Å². The first kappa shape index (κ1) is 15.2. The molecule has 2 unspecified atom stereocenters. The average molecular weight is 250 g/mol. The van der Waals surface area contributed by atoms with Crippen molar-refractivity contribution in [1.29, 1.82) is 0 Å². The molecule has 1 N–H and O–H groups in total. The molecule has 1 rings (SSSR count). The minimum Gasteiger partial charge on any atom is -0.390 e. The molecular weight excluding hydrogens is 224 g/mol. The predicted molar refractivity (Wildman–Crippen MR) is 75.5 cm³/mol. The van der Waals surface area contributed by atoms with E-state index in [0.29, 0.717) is 12.5 Å². The van der Waals surface area contributed by atoms with Crippen LogP contribution in [0.5, 0.6) is 0 Å². The standard InChI is InChI=1S/C16H26O2/c1-4-18-16(14-10-6-5-7-11-14)15(17)12-8-9-13(2)3/h5-7,10-11,13,15-17H,4,8-9,12H2,1-3H3. The van der Waals surface area contributed by atoms with Crippen molar-refractivity contribution in [2.24, 2.45) is 5.92 Å². The van der Waals surface area contributed by atoms with E-state index in [1.807, 2.05) is 37.3 Å². The first-order chi connectivity index (χ1) is 8.65. The Morgan fingerprint density at radius 1 is 1.11 bits per heavy atom. The van der Waals surface area contributed by atoms with Crippen LogP contribution in [0, 0.1) is 5.92 Å². The molecule has 0 aliphatic rings. The van der Waals surface area contributed by atoms with Crippen molar-refractivity contribution < 1.29 is 9.84 Å². The third-order valence-electron chi connectivity index (χ3n) is 3.11. The van der Waals surface area contributed by atoms with Gasteiger partial charge in [-0.05, 0) is 24.8 Å². The second kappa shape index (κ2) is 8.28. The summed E-state index contributed by atoms with van der Waals surface area (Å²) in [5.41, 5.74) is 1.07. The molecule has 0 aliphatic heterocycles. The van der Waals surface area contributed by atoms with Gasteiger partial charge in [-0.1, -0.05) is 57.0 Å². The van der Waals surface area contributed by atoms with Crippen LogP contribution >= 0.6 is 0 Å². The summed E-state index contributed by atoms with van der Waals surface area (Å²) in [6, 6.07) is 10.0. The molecule has 2 heteroatoms. The Bertz CT molecular complexity index is 308. The van der Waals surface area contributed by atoms with Crippen molar-refractivity contribution in [3.05, 3.63) is 35.9 Å². The fourth-order valence-corrected chi connectivity index (χ4v) is 2.14. The van der Waals surface area contributed by atoms with Gasteiger partial charge in [0, 0.05) is 6.61 Å². The second-order valence-corrected chi connectivity index (χ2v) is 5.18. The van der Waals surface area contributed by atoms with E-state index in [0.717, 1.165) is 24.8 Å². The van der Waals surface area contributed by atoms with Gasteiger partial charge in [-0.15, -0.1) is 0 Å². The van der Waals surface area contributed by atoms with E-state index in [1.54, 1.807) is 0 Å². The summed E-state index contributed by atoms with van der Waals surface area (Å²) in [5.74, 6) is 0.694. The smallest absolute Gasteiger partial charge is 0.108 e. The minimum atomic E-state index is -0.411. The van der Waals surface area contributed by atoms with Gasteiger partial charge in [-0.25, -0.2) is 0 Å². The molecule has 0 aromatic heterocycles. The van der Waals surface area contributed by atoms with Crippen LogP contribution in [-0.2, 0) is 4.74 Å². The number of rotatable bonds is 8. The van der Waals surface area contributed by atoms with Gasteiger partial charge in [0.1, 0.15) is 6.10 Å². The Labute approximate surface area is 111 Å². The first-order valence-corrected chi connectivity index (χ1v) is 6.99. The van der Waals surface area contributed by atoms with E-state index in [-0.39, 0.29) is 6.10 Å². The molecule has 2 atom stereocenters. The van der Waals surface area contributed by atoms with Crippen LogP contribution in [-0.4, -0.2) is 17.8 Å². The Morgan fingerprint density at radius 2 is 1.78 bits per heavy atom. The highest BCUT2D eigenvalue weighted by atomic mass is 16.5. The summed E-state index contributed by atoms with van der Waals surface area (Å²) in [7, 11) is 0. The van der Waals surface area contributed by atoms with Crippen LogP contribution < -0.4 is 0 Å². The maximum atomic E-state index is 10.3. The third kappa shape index (κ3) is 5.19. The van der Waals surface area contributed by atoms with E-state index in [2.05, 4.69) is 13.8 Å². The van der Waals surface area contributed by atoms with E-state index in [1.165, 1.54) is 0 Å². The van der Waals surface area contributed by atoms with Crippen LogP contribution in [0.25, 0.3) is 0 Å². The molecule has 0 amide bonds. The lowest BCUT2D eigenvalue weighted by Crippen LogP contribution is -2.21. The fourth-order valence-electron chi connectivity index (χ4n) is 2.14. The zero-order valence-electron chi connectivity index (χ0n) is 11.8. The van der Waals surface area contributed by atoms with Crippen molar-refractivity contribution in [3.63, 3.8) is 0 Å². The molecule has 0 aliphatic carbocycles. The topological polar surface area (TPSA) is 29.5 Å². The average Bonchev–Trinajstić information content (AvgIpc) is 2.36. The number of aliphatic hydroxyl groups is 1. The summed E-state index contributed by atoms with van der Waals surface area (Å²) < 4.78 is 5.70. The first-order valence-electron chi connectivity index (χ1n) is 6.99. The van der Waals surface area contributed by atoms with E-state index >= 15 is 0 Å². The molecule has 1 aromatic carbocycles. The van der Waals surface area contributed by atoms with Gasteiger partial charge in [-0.3, -0.25) is 0 Å². The Hall–Kier alpha value is -0.860. The van der Waals surface area contributed by atoms with E-state index in [4.69, 9.17) is 4.74 Å². The van der Waals surface area contributed by atoms with Crippen molar-refractivity contribution >= 4 is 0 Å². The van der Waals surface area contributed by atoms with Crippen LogP contribution in [0.3, 0.4) is 0 Å². The Kier molecular flexibility index (Phi) is 6.99. The number of aliphatic hydroxyl groups excluding tert-OH is 1. The summed E-state index contributed by atoms with van der Waals surface area (Å²) in [6.45, 7) is 7.02. The third-order valence-corrected chi connectivity index (χ3v) is 3.11. The van der Waals surface area contributed by atoms with Crippen molar-refractivity contribution in [3.8, 4) is 0 Å². The van der Waals surface area contributed by atoms with Crippen LogP contribution in [0.2, 0.25) is 0 Å². The normalized spacial score (nSPS) is 14.7. The molecule has 0 saturated heterocycles. The maximum Gasteiger partial charge on any atom is 0.108 e. The second-order valence-electron chi connectivity index (χ2n) is 5.18. The van der Waals surface area contributed by atoms with Gasteiger partial charge in [0.15, 0.2) is 0 Å². The predicted octanol–water partition coefficient (Wildman–Crippen LogP) is 3.95. The Balaban J connectivity index is 2.56. The zero-order valence-corrected chi connectivity index (χ0v) is 11.8. The number of ether oxygens (including phenoxy) is 1. The molecule has 0 spiro atoms. The van der Waals surface area contributed by atoms with Crippen molar-refractivity contribution in [2.45, 2.75) is 52.2 Å². The number of hydrogen-bond acceptors (Lipinski definition) is 2. The van der Waals surface area contributed by atoms with E-state index < -0.39 is 6.10 Å². The minimum absolute atomic E-state index is 0.191. The summed E-state index contributed by atoms with van der Waals surface area (Å²) in [5, 5.41) is 10.3. The van der Waals surface area contributed by atoms with Gasteiger partial charge in [0.2, 0.25) is 0 Å². The van der Waals surface area contributed by atoms with Crippen LogP contribution in [0.15, 0.2) is 30.3 Å². The largest absolute Gasteiger partial charge is 0.390 e. The quantitative estimate of drug-likeness (QED) is 0.757. The number of benzene rings is 1. The highest BCUT2D eigenvalue weighted by Crippen LogP contribution is 2.24. The highest BCUT2D eigenvalue weighted by molar-refractivity contribution is 5.18. The molecule has 18 heavy (non-hydrogen) atoms. The van der Waals surface area contributed by atoms with Gasteiger partial charge in [0.05, 0.1) is 6.10 Å². The Morgan fingerprint density at radius 3 is 2.33 bits per heavy atom. The van der Waals surface area contributed by atoms with Crippen molar-refractivity contribution in [1.82, 2.24) is 0 Å². The molecule has 0 saturated carbocycles. The SMILES string of the molecule is CCOC(c1ccccc1)C(O)CCCC(C)C. The number of hydrogen-bond donors (Lipinski definition) is 1.